The average molecular weight is 472 g/mol. The van der Waals surface area contributed by atoms with Gasteiger partial charge in [0.1, 0.15) is 11.6 Å². The summed E-state index contributed by atoms with van der Waals surface area (Å²) in [6.07, 6.45) is 0.851. The summed E-state index contributed by atoms with van der Waals surface area (Å²) in [7, 11) is 0. The average Bonchev–Trinajstić information content (AvgIpc) is 3.10. The number of amides is 1. The van der Waals surface area contributed by atoms with Crippen molar-refractivity contribution in [1.82, 2.24) is 0 Å². The van der Waals surface area contributed by atoms with Gasteiger partial charge in [-0.2, -0.15) is 0 Å². The lowest BCUT2D eigenvalue weighted by Crippen LogP contribution is -2.29. The van der Waals surface area contributed by atoms with E-state index in [1.807, 2.05) is 48.5 Å². The molecular formula is C30H30FNO3. The Morgan fingerprint density at radius 3 is 2.14 bits per heavy atom. The Labute approximate surface area is 205 Å². The van der Waals surface area contributed by atoms with E-state index in [9.17, 15) is 19.1 Å². The standard InChI is InChI=1S/C30H30FNO3/c1-6-19-7-9-20(10-8-19)26-25(27(33)21-11-16-24(31)18(2)17-21)28(34)29(35)32(26)23-14-12-22(13-15-23)30(3,4)5/h7-17,26,33H,6H2,1-5H3/b27-25-. The van der Waals surface area contributed by atoms with E-state index in [1.54, 1.807) is 6.92 Å². The maximum absolute atomic E-state index is 13.9. The van der Waals surface area contributed by atoms with Crippen LogP contribution in [0.3, 0.4) is 0 Å². The monoisotopic (exact) mass is 471 g/mol. The van der Waals surface area contributed by atoms with Crippen molar-refractivity contribution in [1.29, 1.82) is 0 Å². The molecule has 35 heavy (non-hydrogen) atoms. The van der Waals surface area contributed by atoms with E-state index in [4.69, 9.17) is 0 Å². The van der Waals surface area contributed by atoms with Crippen LogP contribution in [-0.2, 0) is 21.4 Å². The van der Waals surface area contributed by atoms with Crippen LogP contribution in [0.1, 0.15) is 61.6 Å². The Morgan fingerprint density at radius 1 is 0.971 bits per heavy atom. The molecule has 1 fully saturated rings. The van der Waals surface area contributed by atoms with Crippen LogP contribution in [0.5, 0.6) is 0 Å². The van der Waals surface area contributed by atoms with Crippen molar-refractivity contribution >= 4 is 23.1 Å². The summed E-state index contributed by atoms with van der Waals surface area (Å²) in [4.78, 5) is 28.1. The molecule has 5 heteroatoms. The fourth-order valence-corrected chi connectivity index (χ4v) is 4.42. The third-order valence-electron chi connectivity index (χ3n) is 6.59. The molecule has 0 bridgehead atoms. The molecular weight excluding hydrogens is 441 g/mol. The van der Waals surface area contributed by atoms with E-state index in [2.05, 4.69) is 27.7 Å². The minimum Gasteiger partial charge on any atom is -0.507 e. The van der Waals surface area contributed by atoms with Crippen LogP contribution < -0.4 is 4.90 Å². The lowest BCUT2D eigenvalue weighted by molar-refractivity contribution is -0.132. The summed E-state index contributed by atoms with van der Waals surface area (Å²) < 4.78 is 13.9. The predicted octanol–water partition coefficient (Wildman–Crippen LogP) is 6.62. The van der Waals surface area contributed by atoms with Gasteiger partial charge in [0, 0.05) is 11.3 Å². The van der Waals surface area contributed by atoms with Crippen LogP contribution in [0.4, 0.5) is 10.1 Å². The first-order valence-corrected chi connectivity index (χ1v) is 11.8. The van der Waals surface area contributed by atoms with Gasteiger partial charge in [-0.25, -0.2) is 4.39 Å². The molecule has 1 amide bonds. The molecule has 1 aliphatic rings. The van der Waals surface area contributed by atoms with Crippen molar-refractivity contribution in [3.8, 4) is 0 Å². The lowest BCUT2D eigenvalue weighted by atomic mass is 9.87. The number of anilines is 1. The number of benzene rings is 3. The Balaban J connectivity index is 1.91. The van der Waals surface area contributed by atoms with Gasteiger partial charge in [0.2, 0.25) is 0 Å². The maximum Gasteiger partial charge on any atom is 0.300 e. The molecule has 1 atom stereocenters. The number of halogens is 1. The van der Waals surface area contributed by atoms with Crippen molar-refractivity contribution in [3.05, 3.63) is 106 Å². The Hall–Kier alpha value is -3.73. The number of hydrogen-bond acceptors (Lipinski definition) is 3. The highest BCUT2D eigenvalue weighted by Gasteiger charge is 2.47. The number of aryl methyl sites for hydroxylation is 2. The summed E-state index contributed by atoms with van der Waals surface area (Å²) in [6.45, 7) is 9.95. The molecule has 3 aromatic carbocycles. The fourth-order valence-electron chi connectivity index (χ4n) is 4.42. The van der Waals surface area contributed by atoms with E-state index in [0.29, 0.717) is 22.4 Å². The van der Waals surface area contributed by atoms with Gasteiger partial charge >= 0.3 is 0 Å². The number of rotatable bonds is 4. The minimum absolute atomic E-state index is 0.00912. The lowest BCUT2D eigenvalue weighted by Gasteiger charge is -2.27. The van der Waals surface area contributed by atoms with Crippen molar-refractivity contribution < 1.29 is 19.1 Å². The topological polar surface area (TPSA) is 57.6 Å². The first-order chi connectivity index (χ1) is 16.5. The number of carbonyl (C=O) groups is 2. The summed E-state index contributed by atoms with van der Waals surface area (Å²) >= 11 is 0. The zero-order valence-corrected chi connectivity index (χ0v) is 20.7. The highest BCUT2D eigenvalue weighted by molar-refractivity contribution is 6.51. The Morgan fingerprint density at radius 2 is 1.60 bits per heavy atom. The second-order valence-electron chi connectivity index (χ2n) is 10.0. The molecule has 0 aliphatic carbocycles. The van der Waals surface area contributed by atoms with Gasteiger partial charge in [-0.1, -0.05) is 64.1 Å². The second-order valence-corrected chi connectivity index (χ2v) is 10.0. The molecule has 1 heterocycles. The quantitative estimate of drug-likeness (QED) is 0.264. The van der Waals surface area contributed by atoms with Crippen LogP contribution in [0.2, 0.25) is 0 Å². The first kappa shape index (κ1) is 24.4. The van der Waals surface area contributed by atoms with E-state index in [-0.39, 0.29) is 16.7 Å². The number of nitrogens with zero attached hydrogens (tertiary/aromatic N) is 1. The van der Waals surface area contributed by atoms with E-state index in [0.717, 1.165) is 17.5 Å². The third kappa shape index (κ3) is 4.51. The van der Waals surface area contributed by atoms with Gasteiger partial charge in [0.05, 0.1) is 11.6 Å². The second kappa shape index (κ2) is 9.14. The van der Waals surface area contributed by atoms with Gasteiger partial charge < -0.3 is 5.11 Å². The highest BCUT2D eigenvalue weighted by Crippen LogP contribution is 2.42. The van der Waals surface area contributed by atoms with Gasteiger partial charge in [0.15, 0.2) is 0 Å². The molecule has 180 valence electrons. The molecule has 1 unspecified atom stereocenters. The summed E-state index contributed by atoms with van der Waals surface area (Å²) in [5, 5.41) is 11.2. The smallest absolute Gasteiger partial charge is 0.300 e. The molecule has 1 aliphatic heterocycles. The summed E-state index contributed by atoms with van der Waals surface area (Å²) in [6, 6.07) is 18.6. The number of hydrogen-bond donors (Lipinski definition) is 1. The zero-order valence-electron chi connectivity index (χ0n) is 20.7. The molecule has 1 saturated heterocycles. The fraction of sp³-hybridized carbons (Fsp3) is 0.267. The van der Waals surface area contributed by atoms with Crippen molar-refractivity contribution in [2.45, 2.75) is 52.5 Å². The normalized spacial score (nSPS) is 17.8. The van der Waals surface area contributed by atoms with E-state index >= 15 is 0 Å². The number of aliphatic hydroxyl groups excluding tert-OH is 1. The van der Waals surface area contributed by atoms with Crippen LogP contribution in [-0.4, -0.2) is 16.8 Å². The van der Waals surface area contributed by atoms with Crippen LogP contribution in [0.25, 0.3) is 5.76 Å². The SMILES string of the molecule is CCc1ccc(C2/C(=C(/O)c3ccc(F)c(C)c3)C(=O)C(=O)N2c2ccc(C(C)(C)C)cc2)cc1. The van der Waals surface area contributed by atoms with Gasteiger partial charge in [-0.3, -0.25) is 14.5 Å². The third-order valence-corrected chi connectivity index (χ3v) is 6.59. The summed E-state index contributed by atoms with van der Waals surface area (Å²) in [5.74, 6) is -2.20. The molecule has 4 rings (SSSR count). The minimum atomic E-state index is -0.813. The zero-order chi connectivity index (χ0) is 25.5. The number of carbonyl (C=O) groups excluding carboxylic acids is 2. The van der Waals surface area contributed by atoms with Gasteiger partial charge in [0.25, 0.3) is 11.7 Å². The molecule has 0 spiro atoms. The maximum atomic E-state index is 13.9. The Kier molecular flexibility index (Phi) is 6.37. The Bertz CT molecular complexity index is 1320. The predicted molar refractivity (Wildman–Crippen MR) is 137 cm³/mol. The highest BCUT2D eigenvalue weighted by atomic mass is 19.1. The molecule has 0 aromatic heterocycles. The van der Waals surface area contributed by atoms with Crippen molar-refractivity contribution in [2.24, 2.45) is 0 Å². The van der Waals surface area contributed by atoms with Gasteiger partial charge in [-0.15, -0.1) is 0 Å². The molecule has 3 aromatic rings. The molecule has 4 nitrogen and oxygen atoms in total. The van der Waals surface area contributed by atoms with Gasteiger partial charge in [-0.05, 0) is 71.3 Å². The number of Topliss-reactive ketones (excluding diaryl/α,β-unsaturated/α-hetero) is 1. The number of ketones is 1. The van der Waals surface area contributed by atoms with E-state index < -0.39 is 23.5 Å². The van der Waals surface area contributed by atoms with Crippen LogP contribution >= 0.6 is 0 Å². The van der Waals surface area contributed by atoms with Crippen LogP contribution in [0, 0.1) is 12.7 Å². The first-order valence-electron chi connectivity index (χ1n) is 11.8. The molecule has 0 radical (unpaired) electrons. The van der Waals surface area contributed by atoms with Crippen molar-refractivity contribution in [2.75, 3.05) is 4.90 Å². The van der Waals surface area contributed by atoms with Crippen molar-refractivity contribution in [3.63, 3.8) is 0 Å². The molecule has 0 saturated carbocycles. The summed E-state index contributed by atoms with van der Waals surface area (Å²) in [5.41, 5.74) is 4.05. The number of aliphatic hydroxyl groups is 1. The van der Waals surface area contributed by atoms with Crippen LogP contribution in [0.15, 0.2) is 72.3 Å². The molecule has 1 N–H and O–H groups in total. The van der Waals surface area contributed by atoms with E-state index in [1.165, 1.54) is 23.1 Å². The largest absolute Gasteiger partial charge is 0.507 e.